The maximum atomic E-state index is 6.11. The van der Waals surface area contributed by atoms with Crippen LogP contribution in [-0.4, -0.2) is 5.25 Å². The minimum absolute atomic E-state index is 0.703. The number of halogens is 2. The maximum Gasteiger partial charge on any atom is 0.0457 e. The van der Waals surface area contributed by atoms with Gasteiger partial charge in [-0.3, -0.25) is 0 Å². The van der Waals surface area contributed by atoms with Crippen LogP contribution in [0.4, 0.5) is 0 Å². The van der Waals surface area contributed by atoms with E-state index in [2.05, 4.69) is 35.8 Å². The summed E-state index contributed by atoms with van der Waals surface area (Å²) in [6, 6.07) is 6.08. The molecule has 1 atom stereocenters. The zero-order chi connectivity index (χ0) is 10.6. The molecule has 0 fully saturated rings. The Morgan fingerprint density at radius 1 is 1.50 bits per heavy atom. The fraction of sp³-hybridized carbons (Fsp3) is 0.455. The number of thioether (sulfide) groups is 1. The van der Waals surface area contributed by atoms with E-state index in [9.17, 15) is 0 Å². The molecule has 0 N–H and O–H groups in total. The summed E-state index contributed by atoms with van der Waals surface area (Å²) in [5.41, 5.74) is 1.22. The largest absolute Gasteiger partial charge is 0.154 e. The topological polar surface area (TPSA) is 0 Å². The lowest BCUT2D eigenvalue weighted by atomic mass is 10.2. The lowest BCUT2D eigenvalue weighted by Crippen LogP contribution is -1.94. The lowest BCUT2D eigenvalue weighted by molar-refractivity contribution is 0.905. The SMILES string of the molecule is CCC(C)SCc1ccc(Br)cc1Cl. The Morgan fingerprint density at radius 3 is 2.79 bits per heavy atom. The Bertz CT molecular complexity index is 301. The van der Waals surface area contributed by atoms with Gasteiger partial charge >= 0.3 is 0 Å². The Kier molecular flexibility index (Phi) is 5.35. The second kappa shape index (κ2) is 6.04. The highest BCUT2D eigenvalue weighted by atomic mass is 79.9. The van der Waals surface area contributed by atoms with E-state index in [1.165, 1.54) is 12.0 Å². The summed E-state index contributed by atoms with van der Waals surface area (Å²) in [6.07, 6.45) is 1.21. The Labute approximate surface area is 104 Å². The van der Waals surface area contributed by atoms with Gasteiger partial charge in [-0.05, 0) is 24.1 Å². The van der Waals surface area contributed by atoms with Gasteiger partial charge in [0.15, 0.2) is 0 Å². The van der Waals surface area contributed by atoms with Gasteiger partial charge in [0.1, 0.15) is 0 Å². The quantitative estimate of drug-likeness (QED) is 0.741. The predicted octanol–water partition coefficient (Wildman–Crippen LogP) is 5.13. The summed E-state index contributed by atoms with van der Waals surface area (Å²) >= 11 is 11.5. The predicted molar refractivity (Wildman–Crippen MR) is 70.2 cm³/mol. The summed E-state index contributed by atoms with van der Waals surface area (Å²) in [5.74, 6) is 1.00. The summed E-state index contributed by atoms with van der Waals surface area (Å²) in [7, 11) is 0. The molecule has 0 nitrogen and oxygen atoms in total. The number of hydrogen-bond acceptors (Lipinski definition) is 1. The van der Waals surface area contributed by atoms with Crippen molar-refractivity contribution in [1.29, 1.82) is 0 Å². The van der Waals surface area contributed by atoms with Crippen LogP contribution in [0.1, 0.15) is 25.8 Å². The van der Waals surface area contributed by atoms with Gasteiger partial charge in [-0.15, -0.1) is 0 Å². The maximum absolute atomic E-state index is 6.11. The first-order valence-electron chi connectivity index (χ1n) is 4.69. The van der Waals surface area contributed by atoms with Gasteiger partial charge in [0, 0.05) is 20.5 Å². The molecule has 1 aromatic carbocycles. The van der Waals surface area contributed by atoms with Crippen molar-refractivity contribution in [3.8, 4) is 0 Å². The Morgan fingerprint density at radius 2 is 2.21 bits per heavy atom. The first kappa shape index (κ1) is 12.4. The van der Waals surface area contributed by atoms with E-state index < -0.39 is 0 Å². The molecule has 0 saturated carbocycles. The summed E-state index contributed by atoms with van der Waals surface area (Å²) in [4.78, 5) is 0. The zero-order valence-corrected chi connectivity index (χ0v) is 11.5. The molecule has 0 heterocycles. The first-order chi connectivity index (χ1) is 6.63. The van der Waals surface area contributed by atoms with Crippen molar-refractivity contribution < 1.29 is 0 Å². The second-order valence-corrected chi connectivity index (χ2v) is 6.02. The molecule has 3 heteroatoms. The first-order valence-corrected chi connectivity index (χ1v) is 6.91. The molecule has 1 rings (SSSR count). The van der Waals surface area contributed by atoms with Crippen LogP contribution in [0.3, 0.4) is 0 Å². The van der Waals surface area contributed by atoms with Crippen molar-refractivity contribution in [2.24, 2.45) is 0 Å². The Balaban J connectivity index is 2.59. The van der Waals surface area contributed by atoms with Crippen molar-refractivity contribution >= 4 is 39.3 Å². The van der Waals surface area contributed by atoms with Gasteiger partial charge < -0.3 is 0 Å². The summed E-state index contributed by atoms with van der Waals surface area (Å²) in [5, 5.41) is 1.56. The molecule has 0 saturated heterocycles. The summed E-state index contributed by atoms with van der Waals surface area (Å²) < 4.78 is 1.04. The third-order valence-corrected chi connectivity index (χ3v) is 4.34. The zero-order valence-electron chi connectivity index (χ0n) is 8.39. The highest BCUT2D eigenvalue weighted by Gasteiger charge is 2.04. The third kappa shape index (κ3) is 3.84. The van der Waals surface area contributed by atoms with Gasteiger partial charge in [-0.2, -0.15) is 11.8 Å². The molecule has 14 heavy (non-hydrogen) atoms. The van der Waals surface area contributed by atoms with Crippen LogP contribution in [-0.2, 0) is 5.75 Å². The monoisotopic (exact) mass is 292 g/mol. The minimum atomic E-state index is 0.703. The average Bonchev–Trinajstić information content (AvgIpc) is 2.16. The fourth-order valence-electron chi connectivity index (χ4n) is 0.989. The standard InChI is InChI=1S/C11H14BrClS/c1-3-8(2)14-7-9-4-5-10(12)6-11(9)13/h4-6,8H,3,7H2,1-2H3. The van der Waals surface area contributed by atoms with Gasteiger partial charge in [0.2, 0.25) is 0 Å². The molecule has 0 spiro atoms. The lowest BCUT2D eigenvalue weighted by Gasteiger charge is -2.09. The molecule has 0 aliphatic heterocycles. The van der Waals surface area contributed by atoms with E-state index in [0.29, 0.717) is 5.25 Å². The van der Waals surface area contributed by atoms with Crippen LogP contribution in [0.25, 0.3) is 0 Å². The molecule has 0 amide bonds. The molecular weight excluding hydrogens is 280 g/mol. The minimum Gasteiger partial charge on any atom is -0.154 e. The van der Waals surface area contributed by atoms with E-state index in [0.717, 1.165) is 15.2 Å². The molecule has 0 aliphatic carbocycles. The van der Waals surface area contributed by atoms with Crippen LogP contribution < -0.4 is 0 Å². The number of rotatable bonds is 4. The fourth-order valence-corrected chi connectivity index (χ4v) is 2.76. The van der Waals surface area contributed by atoms with Crippen molar-refractivity contribution in [1.82, 2.24) is 0 Å². The highest BCUT2D eigenvalue weighted by molar-refractivity contribution is 9.10. The van der Waals surface area contributed by atoms with E-state index in [1.54, 1.807) is 0 Å². The normalized spacial score (nSPS) is 12.9. The van der Waals surface area contributed by atoms with Crippen LogP contribution >= 0.6 is 39.3 Å². The molecule has 1 aromatic rings. The van der Waals surface area contributed by atoms with Gasteiger partial charge in [0.05, 0.1) is 0 Å². The van der Waals surface area contributed by atoms with Gasteiger partial charge in [-0.1, -0.05) is 47.4 Å². The third-order valence-electron chi connectivity index (χ3n) is 2.11. The van der Waals surface area contributed by atoms with Gasteiger partial charge in [0.25, 0.3) is 0 Å². The molecule has 1 unspecified atom stereocenters. The molecule has 0 aromatic heterocycles. The molecule has 0 aliphatic rings. The van der Waals surface area contributed by atoms with Crippen LogP contribution in [0.2, 0.25) is 5.02 Å². The van der Waals surface area contributed by atoms with Crippen LogP contribution in [0.5, 0.6) is 0 Å². The van der Waals surface area contributed by atoms with E-state index in [1.807, 2.05) is 23.9 Å². The van der Waals surface area contributed by atoms with Crippen molar-refractivity contribution in [3.05, 3.63) is 33.3 Å². The van der Waals surface area contributed by atoms with Crippen molar-refractivity contribution in [2.45, 2.75) is 31.3 Å². The molecular formula is C11H14BrClS. The smallest absolute Gasteiger partial charge is 0.0457 e. The van der Waals surface area contributed by atoms with Crippen molar-refractivity contribution in [2.75, 3.05) is 0 Å². The molecule has 78 valence electrons. The van der Waals surface area contributed by atoms with Gasteiger partial charge in [-0.25, -0.2) is 0 Å². The van der Waals surface area contributed by atoms with Crippen LogP contribution in [0, 0.1) is 0 Å². The average molecular weight is 294 g/mol. The van der Waals surface area contributed by atoms with E-state index in [-0.39, 0.29) is 0 Å². The summed E-state index contributed by atoms with van der Waals surface area (Å²) in [6.45, 7) is 4.46. The molecule has 0 bridgehead atoms. The van der Waals surface area contributed by atoms with Crippen molar-refractivity contribution in [3.63, 3.8) is 0 Å². The van der Waals surface area contributed by atoms with E-state index >= 15 is 0 Å². The molecule has 0 radical (unpaired) electrons. The highest BCUT2D eigenvalue weighted by Crippen LogP contribution is 2.27. The number of benzene rings is 1. The second-order valence-electron chi connectivity index (χ2n) is 3.27. The van der Waals surface area contributed by atoms with Crippen LogP contribution in [0.15, 0.2) is 22.7 Å². The number of hydrogen-bond donors (Lipinski definition) is 0. The van der Waals surface area contributed by atoms with E-state index in [4.69, 9.17) is 11.6 Å². The Hall–Kier alpha value is 0.340.